The second kappa shape index (κ2) is 11.8. The summed E-state index contributed by atoms with van der Waals surface area (Å²) >= 11 is 0. The molecule has 1 aliphatic heterocycles. The number of nitrogens with zero attached hydrogens (tertiary/aromatic N) is 6. The molecule has 0 amide bonds. The standard InChI is InChI=1S/C32H35FN10/c1-5-27-26(10-19(2)29-15-35-16-30(38-29)43-17-22(34)18-43)31(41-40-27)28-14-25-24(6-7-37-32(25)39-28)20-11-21(33)13-23(12-20)36-8-9-42(3)4/h5-7,10-16,22,36,40H,2,8-9,17-18,34H2,1,3-4H3,(H,37,39)/b26-10+,27-5+. The van der Waals surface area contributed by atoms with E-state index in [0.29, 0.717) is 29.2 Å². The molecule has 0 aliphatic carbocycles. The van der Waals surface area contributed by atoms with E-state index in [2.05, 4.69) is 46.8 Å². The van der Waals surface area contributed by atoms with Crippen molar-refractivity contribution in [3.8, 4) is 22.5 Å². The molecule has 0 bridgehead atoms. The molecule has 10 nitrogen and oxygen atoms in total. The molecule has 1 aromatic carbocycles. The molecule has 1 aliphatic rings. The zero-order chi connectivity index (χ0) is 30.1. The van der Waals surface area contributed by atoms with E-state index in [1.807, 2.05) is 51.4 Å². The number of aromatic amines is 2. The lowest BCUT2D eigenvalue weighted by Gasteiger charge is -2.37. The number of hydrogen-bond donors (Lipinski definition) is 4. The SMILES string of the molecule is C=C(/C=c1/c(-c2cc3c(-c4cc(F)cc(NCCN(C)C)c4)ccnc3[nH]2)n[nH]/c1=C/C)c1cncc(N2CC(N)C2)n1. The van der Waals surface area contributed by atoms with Crippen molar-refractivity contribution in [3.63, 3.8) is 0 Å². The normalized spacial score (nSPS) is 14.6. The smallest absolute Gasteiger partial charge is 0.147 e. The van der Waals surface area contributed by atoms with E-state index in [9.17, 15) is 4.39 Å². The lowest BCUT2D eigenvalue weighted by Crippen LogP contribution is -2.56. The molecule has 0 radical (unpaired) electrons. The Balaban J connectivity index is 1.37. The predicted octanol–water partition coefficient (Wildman–Crippen LogP) is 2.96. The van der Waals surface area contributed by atoms with Gasteiger partial charge in [-0.3, -0.25) is 10.1 Å². The quantitative estimate of drug-likeness (QED) is 0.210. The third-order valence-corrected chi connectivity index (χ3v) is 7.51. The number of rotatable bonds is 9. The molecule has 0 unspecified atom stereocenters. The number of H-pyrrole nitrogens is 2. The first-order valence-electron chi connectivity index (χ1n) is 14.2. The molecule has 11 heteroatoms. The molecule has 5 heterocycles. The van der Waals surface area contributed by atoms with E-state index < -0.39 is 0 Å². The number of benzene rings is 1. The van der Waals surface area contributed by atoms with Crippen molar-refractivity contribution < 1.29 is 4.39 Å². The summed E-state index contributed by atoms with van der Waals surface area (Å²) < 4.78 is 14.7. The Hall–Kier alpha value is -4.87. The summed E-state index contributed by atoms with van der Waals surface area (Å²) in [6, 6.07) is 9.09. The molecule has 43 heavy (non-hydrogen) atoms. The summed E-state index contributed by atoms with van der Waals surface area (Å²) in [6.07, 6.45) is 9.10. The number of nitrogens with one attached hydrogen (secondary N) is 3. The maximum absolute atomic E-state index is 14.7. The fourth-order valence-corrected chi connectivity index (χ4v) is 5.22. The number of pyridine rings is 1. The number of anilines is 2. The van der Waals surface area contributed by atoms with E-state index in [4.69, 9.17) is 10.7 Å². The minimum absolute atomic E-state index is 0.162. The molecule has 6 rings (SSSR count). The Morgan fingerprint density at radius 2 is 2.07 bits per heavy atom. The molecule has 1 fully saturated rings. The van der Waals surface area contributed by atoms with Crippen molar-refractivity contribution in [2.24, 2.45) is 5.73 Å². The van der Waals surface area contributed by atoms with Crippen LogP contribution < -0.4 is 26.5 Å². The molecule has 5 N–H and O–H groups in total. The van der Waals surface area contributed by atoms with Crippen LogP contribution in [0, 0.1) is 5.82 Å². The summed E-state index contributed by atoms with van der Waals surface area (Å²) in [7, 11) is 4.01. The minimum atomic E-state index is -0.305. The highest BCUT2D eigenvalue weighted by molar-refractivity contribution is 5.96. The van der Waals surface area contributed by atoms with Crippen molar-refractivity contribution in [3.05, 3.63) is 77.6 Å². The van der Waals surface area contributed by atoms with Gasteiger partial charge in [0.15, 0.2) is 0 Å². The Bertz CT molecular complexity index is 1920. The van der Waals surface area contributed by atoms with Crippen LogP contribution in [0.25, 0.3) is 51.3 Å². The van der Waals surface area contributed by atoms with Gasteiger partial charge in [-0.15, -0.1) is 0 Å². The number of fused-ring (bicyclic) bond motifs is 1. The van der Waals surface area contributed by atoms with Crippen LogP contribution in [-0.4, -0.2) is 81.3 Å². The summed E-state index contributed by atoms with van der Waals surface area (Å²) in [5.41, 5.74) is 11.9. The fourth-order valence-electron chi connectivity index (χ4n) is 5.22. The van der Waals surface area contributed by atoms with Gasteiger partial charge in [-0.2, -0.15) is 5.10 Å². The van der Waals surface area contributed by atoms with Crippen molar-refractivity contribution in [2.45, 2.75) is 13.0 Å². The Morgan fingerprint density at radius 1 is 1.23 bits per heavy atom. The third-order valence-electron chi connectivity index (χ3n) is 7.51. The van der Waals surface area contributed by atoms with Gasteiger partial charge in [0.05, 0.1) is 29.1 Å². The maximum Gasteiger partial charge on any atom is 0.147 e. The molecule has 0 spiro atoms. The fraction of sp³-hybridized carbons (Fsp3) is 0.250. The largest absolute Gasteiger partial charge is 0.384 e. The van der Waals surface area contributed by atoms with Crippen LogP contribution in [0.2, 0.25) is 0 Å². The topological polar surface area (TPSA) is 128 Å². The first kappa shape index (κ1) is 28.3. The van der Waals surface area contributed by atoms with E-state index in [-0.39, 0.29) is 11.9 Å². The van der Waals surface area contributed by atoms with Crippen LogP contribution in [0.15, 0.2) is 55.5 Å². The van der Waals surface area contributed by atoms with Gasteiger partial charge < -0.3 is 25.8 Å². The average Bonchev–Trinajstić information content (AvgIpc) is 3.58. The highest BCUT2D eigenvalue weighted by Crippen LogP contribution is 2.32. The van der Waals surface area contributed by atoms with Crippen LogP contribution >= 0.6 is 0 Å². The Kier molecular flexibility index (Phi) is 7.75. The lowest BCUT2D eigenvalue weighted by molar-refractivity contribution is 0.425. The molecule has 4 aromatic heterocycles. The number of halogens is 1. The van der Waals surface area contributed by atoms with E-state index in [1.165, 1.54) is 6.07 Å². The summed E-state index contributed by atoms with van der Waals surface area (Å²) in [5.74, 6) is 0.478. The highest BCUT2D eigenvalue weighted by atomic mass is 19.1. The van der Waals surface area contributed by atoms with Gasteiger partial charge in [-0.25, -0.2) is 14.4 Å². The predicted molar refractivity (Wildman–Crippen MR) is 171 cm³/mol. The molecule has 0 saturated carbocycles. The third kappa shape index (κ3) is 5.90. The van der Waals surface area contributed by atoms with E-state index >= 15 is 0 Å². The maximum atomic E-state index is 14.7. The second-order valence-electron chi connectivity index (χ2n) is 11.0. The monoisotopic (exact) mass is 578 g/mol. The number of nitrogens with two attached hydrogens (primary N) is 1. The van der Waals surface area contributed by atoms with Gasteiger partial charge in [0.1, 0.15) is 23.0 Å². The Labute approximate surface area is 248 Å². The molecule has 220 valence electrons. The van der Waals surface area contributed by atoms with Gasteiger partial charge in [0, 0.05) is 54.7 Å². The summed E-state index contributed by atoms with van der Waals surface area (Å²) in [6.45, 7) is 9.30. The zero-order valence-electron chi connectivity index (χ0n) is 24.5. The van der Waals surface area contributed by atoms with E-state index in [0.717, 1.165) is 63.9 Å². The van der Waals surface area contributed by atoms with Gasteiger partial charge in [-0.1, -0.05) is 12.7 Å². The number of allylic oxidation sites excluding steroid dienone is 1. The minimum Gasteiger partial charge on any atom is -0.384 e. The van der Waals surface area contributed by atoms with Gasteiger partial charge >= 0.3 is 0 Å². The van der Waals surface area contributed by atoms with Gasteiger partial charge in [-0.05, 0) is 74.1 Å². The van der Waals surface area contributed by atoms with Crippen LogP contribution in [0.3, 0.4) is 0 Å². The van der Waals surface area contributed by atoms with Crippen LogP contribution in [0.4, 0.5) is 15.9 Å². The summed E-state index contributed by atoms with van der Waals surface area (Å²) in [4.78, 5) is 21.3. The first-order chi connectivity index (χ1) is 20.8. The first-order valence-corrected chi connectivity index (χ1v) is 14.2. The number of likely N-dealkylation sites (N-methyl/N-ethyl adjacent to an activating group) is 1. The van der Waals surface area contributed by atoms with Crippen LogP contribution in [0.5, 0.6) is 0 Å². The van der Waals surface area contributed by atoms with Gasteiger partial charge in [0.25, 0.3) is 0 Å². The molecule has 0 atom stereocenters. The molecule has 1 saturated heterocycles. The van der Waals surface area contributed by atoms with Crippen molar-refractivity contribution in [2.75, 3.05) is 50.5 Å². The number of aromatic nitrogens is 6. The zero-order valence-corrected chi connectivity index (χ0v) is 24.5. The molecular formula is C32H35FN10. The van der Waals surface area contributed by atoms with Gasteiger partial charge in [0.2, 0.25) is 0 Å². The summed E-state index contributed by atoms with van der Waals surface area (Å²) in [5, 5.41) is 13.7. The average molecular weight is 579 g/mol. The molecular weight excluding hydrogens is 543 g/mol. The van der Waals surface area contributed by atoms with E-state index in [1.54, 1.807) is 24.7 Å². The second-order valence-corrected chi connectivity index (χ2v) is 11.0. The van der Waals surface area contributed by atoms with Crippen LogP contribution in [0.1, 0.15) is 12.6 Å². The van der Waals surface area contributed by atoms with Crippen LogP contribution in [-0.2, 0) is 0 Å². The number of hydrogen-bond acceptors (Lipinski definition) is 8. The van der Waals surface area contributed by atoms with Crippen molar-refractivity contribution in [1.29, 1.82) is 0 Å². The highest BCUT2D eigenvalue weighted by Gasteiger charge is 2.24. The van der Waals surface area contributed by atoms with Crippen molar-refractivity contribution >= 4 is 40.3 Å². The Morgan fingerprint density at radius 3 is 2.84 bits per heavy atom. The molecule has 5 aromatic rings. The lowest BCUT2D eigenvalue weighted by atomic mass is 10.0. The van der Waals surface area contributed by atoms with Crippen molar-refractivity contribution in [1.82, 2.24) is 35.0 Å².